The van der Waals surface area contributed by atoms with Gasteiger partial charge >= 0.3 is 0 Å². The highest BCUT2D eigenvalue weighted by Gasteiger charge is 2.12. The summed E-state index contributed by atoms with van der Waals surface area (Å²) in [6, 6.07) is 10.4. The molecule has 0 aliphatic heterocycles. The fraction of sp³-hybridized carbons (Fsp3) is 0.222. The summed E-state index contributed by atoms with van der Waals surface area (Å²) >= 11 is 0. The largest absolute Gasteiger partial charge is 0.493 e. The molecule has 0 saturated carbocycles. The monoisotopic (exact) mass is 354 g/mol. The highest BCUT2D eigenvalue weighted by Crippen LogP contribution is 2.27. The summed E-state index contributed by atoms with van der Waals surface area (Å²) in [6.07, 6.45) is 2.07. The summed E-state index contributed by atoms with van der Waals surface area (Å²) in [4.78, 5) is 16.4. The number of methoxy groups -OCH3 is 2. The normalized spacial score (nSPS) is 10.4. The molecule has 3 rings (SSSR count). The first-order chi connectivity index (χ1) is 12.7. The zero-order valence-corrected chi connectivity index (χ0v) is 14.4. The van der Waals surface area contributed by atoms with Crippen LogP contribution in [0.15, 0.2) is 47.0 Å². The van der Waals surface area contributed by atoms with Gasteiger partial charge in [0, 0.05) is 24.7 Å². The minimum Gasteiger partial charge on any atom is -0.493 e. The van der Waals surface area contributed by atoms with Crippen LogP contribution >= 0.6 is 0 Å². The molecule has 0 atom stereocenters. The maximum Gasteiger partial charge on any atom is 0.266 e. The molecule has 0 unspecified atom stereocenters. The molecule has 0 aliphatic carbocycles. The molecule has 134 valence electrons. The number of benzene rings is 1. The van der Waals surface area contributed by atoms with Crippen LogP contribution in [0, 0.1) is 0 Å². The van der Waals surface area contributed by atoms with Crippen molar-refractivity contribution in [3.8, 4) is 23.1 Å². The smallest absolute Gasteiger partial charge is 0.266 e. The molecule has 0 bridgehead atoms. The van der Waals surface area contributed by atoms with Gasteiger partial charge in [0.2, 0.25) is 5.89 Å². The zero-order valence-electron chi connectivity index (χ0n) is 14.4. The zero-order chi connectivity index (χ0) is 18.4. The Morgan fingerprint density at radius 1 is 1.12 bits per heavy atom. The molecule has 0 aliphatic rings. The van der Waals surface area contributed by atoms with Crippen molar-refractivity contribution in [3.05, 3.63) is 54.0 Å². The van der Waals surface area contributed by atoms with E-state index in [1.54, 1.807) is 37.6 Å². The third-order valence-corrected chi connectivity index (χ3v) is 3.62. The molecule has 26 heavy (non-hydrogen) atoms. The average molecular weight is 354 g/mol. The second-order valence-corrected chi connectivity index (χ2v) is 5.29. The van der Waals surface area contributed by atoms with Crippen molar-refractivity contribution in [2.45, 2.75) is 6.42 Å². The van der Waals surface area contributed by atoms with Gasteiger partial charge in [-0.05, 0) is 30.3 Å². The Kier molecular flexibility index (Phi) is 5.43. The van der Waals surface area contributed by atoms with Crippen molar-refractivity contribution in [2.24, 2.45) is 0 Å². The van der Waals surface area contributed by atoms with E-state index in [0.717, 1.165) is 0 Å². The summed E-state index contributed by atoms with van der Waals surface area (Å²) in [5, 5.41) is 10.7. The van der Waals surface area contributed by atoms with Crippen LogP contribution in [0.4, 0.5) is 0 Å². The van der Waals surface area contributed by atoms with Crippen LogP contribution in [0.5, 0.6) is 11.5 Å². The number of carbonyl (C=O) groups is 1. The molecule has 1 aromatic carbocycles. The standard InChI is InChI=1S/C18H18N4O4/c1-24-14-7-6-12(11-15(14)25-2)17(23)20-10-8-16-21-22-18(26-16)13-5-3-4-9-19-13/h3-7,9,11H,8,10H2,1-2H3,(H,20,23). The molecule has 8 nitrogen and oxygen atoms in total. The van der Waals surface area contributed by atoms with Crippen molar-refractivity contribution in [1.82, 2.24) is 20.5 Å². The lowest BCUT2D eigenvalue weighted by Crippen LogP contribution is -2.25. The Bertz CT molecular complexity index is 880. The van der Waals surface area contributed by atoms with Crippen LogP contribution in [0.2, 0.25) is 0 Å². The van der Waals surface area contributed by atoms with Gasteiger partial charge in [-0.15, -0.1) is 10.2 Å². The number of nitrogens with zero attached hydrogens (tertiary/aromatic N) is 3. The summed E-state index contributed by atoms with van der Waals surface area (Å²) in [5.74, 6) is 1.62. The molecule has 3 aromatic rings. The number of pyridine rings is 1. The van der Waals surface area contributed by atoms with Crippen molar-refractivity contribution < 1.29 is 18.7 Å². The molecule has 2 heterocycles. The van der Waals surface area contributed by atoms with Gasteiger partial charge in [-0.2, -0.15) is 0 Å². The number of aromatic nitrogens is 3. The van der Waals surface area contributed by atoms with E-state index in [1.165, 1.54) is 7.11 Å². The van der Waals surface area contributed by atoms with Crippen molar-refractivity contribution >= 4 is 5.91 Å². The maximum absolute atomic E-state index is 12.2. The van der Waals surface area contributed by atoms with Gasteiger partial charge in [0.1, 0.15) is 5.69 Å². The predicted molar refractivity (Wildman–Crippen MR) is 93.1 cm³/mol. The van der Waals surface area contributed by atoms with E-state index in [-0.39, 0.29) is 5.91 Å². The van der Waals surface area contributed by atoms with E-state index in [0.29, 0.717) is 47.5 Å². The lowest BCUT2D eigenvalue weighted by molar-refractivity contribution is 0.0953. The second kappa shape index (κ2) is 8.11. The Morgan fingerprint density at radius 2 is 1.96 bits per heavy atom. The molecule has 0 radical (unpaired) electrons. The fourth-order valence-corrected chi connectivity index (χ4v) is 2.31. The van der Waals surface area contributed by atoms with Gasteiger partial charge in [0.15, 0.2) is 11.5 Å². The molecule has 8 heteroatoms. The highest BCUT2D eigenvalue weighted by molar-refractivity contribution is 5.94. The topological polar surface area (TPSA) is 99.4 Å². The fourth-order valence-electron chi connectivity index (χ4n) is 2.31. The Hall–Kier alpha value is -3.42. The number of rotatable bonds is 7. The van der Waals surface area contributed by atoms with E-state index in [1.807, 2.05) is 12.1 Å². The number of carbonyl (C=O) groups excluding carboxylic acids is 1. The van der Waals surface area contributed by atoms with Gasteiger partial charge in [-0.3, -0.25) is 9.78 Å². The summed E-state index contributed by atoms with van der Waals surface area (Å²) in [6.45, 7) is 0.358. The van der Waals surface area contributed by atoms with Gasteiger partial charge in [0.05, 0.1) is 14.2 Å². The summed E-state index contributed by atoms with van der Waals surface area (Å²) in [7, 11) is 3.06. The van der Waals surface area contributed by atoms with Crippen LogP contribution in [0.1, 0.15) is 16.2 Å². The first-order valence-corrected chi connectivity index (χ1v) is 7.95. The Balaban J connectivity index is 1.57. The minimum absolute atomic E-state index is 0.226. The van der Waals surface area contributed by atoms with E-state index >= 15 is 0 Å². The van der Waals surface area contributed by atoms with Gasteiger partial charge < -0.3 is 19.2 Å². The van der Waals surface area contributed by atoms with Crippen molar-refractivity contribution in [2.75, 3.05) is 20.8 Å². The van der Waals surface area contributed by atoms with Crippen LogP contribution < -0.4 is 14.8 Å². The van der Waals surface area contributed by atoms with Gasteiger partial charge in [-0.1, -0.05) is 6.07 Å². The molecule has 0 saturated heterocycles. The molecule has 0 fully saturated rings. The van der Waals surface area contributed by atoms with Crippen LogP contribution in [-0.4, -0.2) is 41.9 Å². The minimum atomic E-state index is -0.226. The first-order valence-electron chi connectivity index (χ1n) is 7.95. The molecule has 2 aromatic heterocycles. The first kappa shape index (κ1) is 17.4. The van der Waals surface area contributed by atoms with E-state index < -0.39 is 0 Å². The SMILES string of the molecule is COc1ccc(C(=O)NCCc2nnc(-c3ccccn3)o2)cc1OC. The van der Waals surface area contributed by atoms with E-state index in [4.69, 9.17) is 13.9 Å². The lowest BCUT2D eigenvalue weighted by Gasteiger charge is -2.09. The summed E-state index contributed by atoms with van der Waals surface area (Å²) < 4.78 is 15.9. The molecular weight excluding hydrogens is 336 g/mol. The number of ether oxygens (including phenoxy) is 2. The number of nitrogens with one attached hydrogen (secondary N) is 1. The van der Waals surface area contributed by atoms with Crippen LogP contribution in [0.25, 0.3) is 11.6 Å². The van der Waals surface area contributed by atoms with E-state index in [9.17, 15) is 4.79 Å². The Labute approximate surface area is 150 Å². The molecule has 0 spiro atoms. The number of hydrogen-bond donors (Lipinski definition) is 1. The third kappa shape index (κ3) is 3.97. The maximum atomic E-state index is 12.2. The molecular formula is C18H18N4O4. The summed E-state index contributed by atoms with van der Waals surface area (Å²) in [5.41, 5.74) is 1.09. The highest BCUT2D eigenvalue weighted by atomic mass is 16.5. The number of amides is 1. The lowest BCUT2D eigenvalue weighted by atomic mass is 10.2. The molecule has 1 amide bonds. The van der Waals surface area contributed by atoms with E-state index in [2.05, 4.69) is 20.5 Å². The predicted octanol–water partition coefficient (Wildman–Crippen LogP) is 2.12. The van der Waals surface area contributed by atoms with Crippen molar-refractivity contribution in [1.29, 1.82) is 0 Å². The quantitative estimate of drug-likeness (QED) is 0.694. The molecule has 1 N–H and O–H groups in total. The average Bonchev–Trinajstić information content (AvgIpc) is 3.17. The van der Waals surface area contributed by atoms with Crippen molar-refractivity contribution in [3.63, 3.8) is 0 Å². The second-order valence-electron chi connectivity index (χ2n) is 5.29. The van der Waals surface area contributed by atoms with Gasteiger partial charge in [0.25, 0.3) is 11.8 Å². The number of hydrogen-bond acceptors (Lipinski definition) is 7. The van der Waals surface area contributed by atoms with Crippen LogP contribution in [0.3, 0.4) is 0 Å². The van der Waals surface area contributed by atoms with Crippen LogP contribution in [-0.2, 0) is 6.42 Å². The third-order valence-electron chi connectivity index (χ3n) is 3.62. The Morgan fingerprint density at radius 3 is 2.69 bits per heavy atom. The van der Waals surface area contributed by atoms with Gasteiger partial charge in [-0.25, -0.2) is 0 Å².